The summed E-state index contributed by atoms with van der Waals surface area (Å²) in [6.07, 6.45) is 0.892. The number of esters is 2. The Morgan fingerprint density at radius 1 is 0.750 bits per heavy atom. The standard InChI is InChI=1S/C31H26O8S/c32-29(17-37-18-30(33)39-27-13-14-28(40(34,35)36)23-10-4-3-9-22(23)27)38-16-19-15-26-20-7-1-5-11-24(20)31(19)25-12-6-2-8-21(25)26/h1-14,19,26,31H,15-18H2,(H,34,35,36). The Morgan fingerprint density at radius 2 is 1.32 bits per heavy atom. The van der Waals surface area contributed by atoms with Gasteiger partial charge in [0.2, 0.25) is 0 Å². The number of carbonyl (C=O) groups excluding carboxylic acids is 2. The smallest absolute Gasteiger partial charge is 0.337 e. The zero-order valence-electron chi connectivity index (χ0n) is 21.4. The summed E-state index contributed by atoms with van der Waals surface area (Å²) in [5.41, 5.74) is 5.26. The topological polar surface area (TPSA) is 116 Å². The van der Waals surface area contributed by atoms with Gasteiger partial charge in [0.15, 0.2) is 0 Å². The summed E-state index contributed by atoms with van der Waals surface area (Å²) in [7, 11) is -4.46. The van der Waals surface area contributed by atoms with Crippen LogP contribution in [0.25, 0.3) is 10.8 Å². The predicted molar refractivity (Wildman–Crippen MR) is 146 cm³/mol. The molecule has 0 aliphatic heterocycles. The lowest BCUT2D eigenvalue weighted by Crippen LogP contribution is -2.35. The van der Waals surface area contributed by atoms with Crippen molar-refractivity contribution in [3.63, 3.8) is 0 Å². The van der Waals surface area contributed by atoms with Gasteiger partial charge in [-0.15, -0.1) is 0 Å². The molecule has 0 amide bonds. The Labute approximate surface area is 231 Å². The van der Waals surface area contributed by atoms with Crippen molar-refractivity contribution in [2.45, 2.75) is 23.2 Å². The number of benzene rings is 4. The van der Waals surface area contributed by atoms with Gasteiger partial charge in [-0.3, -0.25) is 4.55 Å². The van der Waals surface area contributed by atoms with Gasteiger partial charge in [0.25, 0.3) is 10.1 Å². The maximum absolute atomic E-state index is 12.4. The Bertz CT molecular complexity index is 1680. The number of hydrogen-bond donors (Lipinski definition) is 1. The molecule has 0 spiro atoms. The molecule has 204 valence electrons. The van der Waals surface area contributed by atoms with Gasteiger partial charge in [0.1, 0.15) is 23.9 Å². The SMILES string of the molecule is O=C(COCC(=O)Oc1ccc(S(=O)(=O)O)c2ccccc12)OCC1CC2c3ccccc3C1c1ccccc12. The highest BCUT2D eigenvalue weighted by Gasteiger charge is 2.43. The van der Waals surface area contributed by atoms with Crippen LogP contribution < -0.4 is 4.74 Å². The van der Waals surface area contributed by atoms with E-state index in [-0.39, 0.29) is 40.4 Å². The van der Waals surface area contributed by atoms with E-state index in [9.17, 15) is 22.6 Å². The molecule has 9 heteroatoms. The van der Waals surface area contributed by atoms with Gasteiger partial charge >= 0.3 is 11.9 Å². The third-order valence-electron chi connectivity index (χ3n) is 7.67. The van der Waals surface area contributed by atoms with Crippen LogP contribution in [-0.4, -0.2) is 44.7 Å². The molecule has 4 aromatic rings. The second kappa shape index (κ2) is 10.5. The minimum atomic E-state index is -4.46. The van der Waals surface area contributed by atoms with Crippen molar-refractivity contribution in [3.8, 4) is 5.75 Å². The molecule has 0 radical (unpaired) electrons. The zero-order valence-corrected chi connectivity index (χ0v) is 22.2. The van der Waals surface area contributed by atoms with Crippen LogP contribution in [0.15, 0.2) is 89.8 Å². The molecule has 1 atom stereocenters. The quantitative estimate of drug-likeness (QED) is 0.185. The Kier molecular flexibility index (Phi) is 6.87. The zero-order chi connectivity index (χ0) is 27.9. The highest BCUT2D eigenvalue weighted by atomic mass is 32.2. The molecule has 0 heterocycles. The maximum atomic E-state index is 12.4. The van der Waals surface area contributed by atoms with Crippen LogP contribution in [0.2, 0.25) is 0 Å². The fraction of sp³-hybridized carbons (Fsp3) is 0.226. The van der Waals surface area contributed by atoms with Gasteiger partial charge in [-0.25, -0.2) is 9.59 Å². The Hall–Kier alpha value is -4.05. The van der Waals surface area contributed by atoms with E-state index in [0.29, 0.717) is 5.39 Å². The normalized spacial score (nSPS) is 19.1. The van der Waals surface area contributed by atoms with Gasteiger partial charge in [-0.05, 0) is 40.8 Å². The van der Waals surface area contributed by atoms with E-state index in [1.54, 1.807) is 18.2 Å². The fourth-order valence-electron chi connectivity index (χ4n) is 6.09. The molecule has 0 aromatic heterocycles. The molecular weight excluding hydrogens is 532 g/mol. The van der Waals surface area contributed by atoms with E-state index in [1.807, 2.05) is 12.1 Å². The number of fused-ring (bicyclic) bond motifs is 2. The number of carbonyl (C=O) groups is 2. The van der Waals surface area contributed by atoms with Crippen molar-refractivity contribution in [3.05, 3.63) is 107 Å². The minimum Gasteiger partial charge on any atom is -0.464 e. The third kappa shape index (κ3) is 4.88. The molecule has 8 nitrogen and oxygen atoms in total. The first kappa shape index (κ1) is 26.2. The van der Waals surface area contributed by atoms with Crippen molar-refractivity contribution in [1.82, 2.24) is 0 Å². The molecule has 1 N–H and O–H groups in total. The molecule has 0 saturated carbocycles. The molecule has 3 aliphatic carbocycles. The van der Waals surface area contributed by atoms with Crippen molar-refractivity contribution in [2.75, 3.05) is 19.8 Å². The van der Waals surface area contributed by atoms with Crippen LogP contribution in [0.1, 0.15) is 40.5 Å². The van der Waals surface area contributed by atoms with Crippen LogP contribution in [0.4, 0.5) is 0 Å². The van der Waals surface area contributed by atoms with E-state index in [2.05, 4.69) is 36.4 Å². The van der Waals surface area contributed by atoms with E-state index in [1.165, 1.54) is 34.4 Å². The minimum absolute atomic E-state index is 0.104. The van der Waals surface area contributed by atoms with E-state index < -0.39 is 35.3 Å². The summed E-state index contributed by atoms with van der Waals surface area (Å²) in [6, 6.07) is 25.7. The first-order valence-corrected chi connectivity index (χ1v) is 14.4. The van der Waals surface area contributed by atoms with Crippen molar-refractivity contribution >= 4 is 32.8 Å². The summed E-state index contributed by atoms with van der Waals surface area (Å²) in [5, 5.41) is 0.539. The first-order valence-electron chi connectivity index (χ1n) is 12.9. The number of rotatable bonds is 8. The second-order valence-electron chi connectivity index (χ2n) is 10.0. The molecule has 1 unspecified atom stereocenters. The van der Waals surface area contributed by atoms with Gasteiger partial charge in [-0.1, -0.05) is 72.8 Å². The maximum Gasteiger partial charge on any atom is 0.337 e. The summed E-state index contributed by atoms with van der Waals surface area (Å²) < 4.78 is 49.0. The van der Waals surface area contributed by atoms with E-state index in [0.717, 1.165) is 12.5 Å². The van der Waals surface area contributed by atoms with Gasteiger partial charge in [0, 0.05) is 28.5 Å². The highest BCUT2D eigenvalue weighted by Crippen LogP contribution is 2.55. The highest BCUT2D eigenvalue weighted by molar-refractivity contribution is 7.86. The Morgan fingerprint density at radius 3 is 1.98 bits per heavy atom. The number of ether oxygens (including phenoxy) is 3. The molecule has 40 heavy (non-hydrogen) atoms. The lowest BCUT2D eigenvalue weighted by atomic mass is 9.59. The summed E-state index contributed by atoms with van der Waals surface area (Å²) in [4.78, 5) is 24.5. The Balaban J connectivity index is 1.04. The molecule has 0 saturated heterocycles. The van der Waals surface area contributed by atoms with Crippen LogP contribution in [-0.2, 0) is 29.2 Å². The van der Waals surface area contributed by atoms with Crippen molar-refractivity contribution < 1.29 is 36.8 Å². The van der Waals surface area contributed by atoms with Crippen LogP contribution in [0, 0.1) is 5.92 Å². The molecular formula is C31H26O8S. The van der Waals surface area contributed by atoms with Crippen molar-refractivity contribution in [1.29, 1.82) is 0 Å². The fourth-order valence-corrected chi connectivity index (χ4v) is 6.79. The predicted octanol–water partition coefficient (Wildman–Crippen LogP) is 4.85. The molecule has 7 rings (SSSR count). The second-order valence-corrected chi connectivity index (χ2v) is 11.4. The third-order valence-corrected chi connectivity index (χ3v) is 8.58. The first-order chi connectivity index (χ1) is 19.3. The number of hydrogen-bond acceptors (Lipinski definition) is 7. The summed E-state index contributed by atoms with van der Waals surface area (Å²) in [6.45, 7) is -0.660. The summed E-state index contributed by atoms with van der Waals surface area (Å²) >= 11 is 0. The molecule has 4 aromatic carbocycles. The van der Waals surface area contributed by atoms with Crippen molar-refractivity contribution in [2.24, 2.45) is 5.92 Å². The lowest BCUT2D eigenvalue weighted by Gasteiger charge is -2.45. The van der Waals surface area contributed by atoms with E-state index >= 15 is 0 Å². The monoisotopic (exact) mass is 558 g/mol. The molecule has 2 bridgehead atoms. The average molecular weight is 559 g/mol. The molecule has 0 fully saturated rings. The largest absolute Gasteiger partial charge is 0.464 e. The van der Waals surface area contributed by atoms with Gasteiger partial charge in [0.05, 0.1) is 6.61 Å². The molecule has 3 aliphatic rings. The van der Waals surface area contributed by atoms with Crippen LogP contribution in [0.3, 0.4) is 0 Å². The average Bonchev–Trinajstić information content (AvgIpc) is 2.96. The lowest BCUT2D eigenvalue weighted by molar-refractivity contribution is -0.153. The van der Waals surface area contributed by atoms with Gasteiger partial charge < -0.3 is 14.2 Å². The summed E-state index contributed by atoms with van der Waals surface area (Å²) in [5.74, 6) is -0.665. The van der Waals surface area contributed by atoms with E-state index in [4.69, 9.17) is 14.2 Å². The van der Waals surface area contributed by atoms with Crippen LogP contribution >= 0.6 is 0 Å². The van der Waals surface area contributed by atoms with Gasteiger partial charge in [-0.2, -0.15) is 8.42 Å². The van der Waals surface area contributed by atoms with Crippen LogP contribution in [0.5, 0.6) is 5.75 Å².